The molecule has 1 atom stereocenters. The summed E-state index contributed by atoms with van der Waals surface area (Å²) in [6.07, 6.45) is 3.77. The minimum Gasteiger partial charge on any atom is -0.462 e. The Morgan fingerprint density at radius 1 is 1.44 bits per heavy atom. The van der Waals surface area contributed by atoms with Crippen molar-refractivity contribution in [2.45, 2.75) is 26.2 Å². The van der Waals surface area contributed by atoms with Crippen molar-refractivity contribution in [2.75, 3.05) is 26.2 Å². The molecular formula is C13H22NO2+. The molecule has 3 rings (SSSR count). The van der Waals surface area contributed by atoms with E-state index in [2.05, 4.69) is 6.58 Å². The van der Waals surface area contributed by atoms with Gasteiger partial charge in [-0.2, -0.15) is 0 Å². The second-order valence-electron chi connectivity index (χ2n) is 5.26. The summed E-state index contributed by atoms with van der Waals surface area (Å²) in [7, 11) is 0. The molecule has 2 bridgehead atoms. The summed E-state index contributed by atoms with van der Waals surface area (Å²) in [4.78, 5) is 13.0. The molecule has 3 heterocycles. The Hall–Kier alpha value is -0.830. The van der Waals surface area contributed by atoms with Crippen LogP contribution in [-0.2, 0) is 9.53 Å². The Morgan fingerprint density at radius 3 is 2.62 bits per heavy atom. The Kier molecular flexibility index (Phi) is 3.64. The van der Waals surface area contributed by atoms with E-state index in [-0.39, 0.29) is 5.97 Å². The molecule has 3 aliphatic rings. The lowest BCUT2D eigenvalue weighted by Crippen LogP contribution is -3.15. The van der Waals surface area contributed by atoms with Crippen LogP contribution in [0, 0.1) is 11.8 Å². The van der Waals surface area contributed by atoms with Gasteiger partial charge in [-0.3, -0.25) is 0 Å². The fourth-order valence-corrected chi connectivity index (χ4v) is 3.03. The first-order chi connectivity index (χ1) is 7.66. The van der Waals surface area contributed by atoms with E-state index in [1.807, 2.05) is 0 Å². The first-order valence-corrected chi connectivity index (χ1v) is 6.33. The Balaban J connectivity index is 1.70. The Morgan fingerprint density at radius 2 is 2.12 bits per heavy atom. The van der Waals surface area contributed by atoms with E-state index in [1.54, 1.807) is 11.8 Å². The largest absolute Gasteiger partial charge is 0.462 e. The fourth-order valence-electron chi connectivity index (χ4n) is 3.03. The van der Waals surface area contributed by atoms with Crippen molar-refractivity contribution >= 4 is 5.97 Å². The van der Waals surface area contributed by atoms with Crippen molar-refractivity contribution in [2.24, 2.45) is 11.8 Å². The summed E-state index contributed by atoms with van der Waals surface area (Å²) in [5.41, 5.74) is 0.500. The van der Waals surface area contributed by atoms with Crippen LogP contribution in [0.3, 0.4) is 0 Å². The van der Waals surface area contributed by atoms with Crippen LogP contribution >= 0.6 is 0 Å². The van der Waals surface area contributed by atoms with Gasteiger partial charge in [0.2, 0.25) is 0 Å². The molecular weight excluding hydrogens is 202 g/mol. The average Bonchev–Trinajstić information content (AvgIpc) is 2.30. The summed E-state index contributed by atoms with van der Waals surface area (Å²) >= 11 is 0. The van der Waals surface area contributed by atoms with E-state index in [0.717, 1.165) is 18.3 Å². The molecule has 16 heavy (non-hydrogen) atoms. The number of rotatable bonds is 4. The van der Waals surface area contributed by atoms with Crippen molar-refractivity contribution in [1.29, 1.82) is 0 Å². The van der Waals surface area contributed by atoms with Crippen LogP contribution in [-0.4, -0.2) is 32.2 Å². The van der Waals surface area contributed by atoms with E-state index < -0.39 is 0 Å². The lowest BCUT2D eigenvalue weighted by molar-refractivity contribution is -0.921. The van der Waals surface area contributed by atoms with Crippen LogP contribution in [0.1, 0.15) is 26.2 Å². The lowest BCUT2D eigenvalue weighted by atomic mass is 9.78. The van der Waals surface area contributed by atoms with Crippen molar-refractivity contribution in [3.63, 3.8) is 0 Å². The van der Waals surface area contributed by atoms with Gasteiger partial charge in [-0.15, -0.1) is 0 Å². The maximum atomic E-state index is 11.2. The maximum absolute atomic E-state index is 11.2. The van der Waals surface area contributed by atoms with Gasteiger partial charge in [0.15, 0.2) is 0 Å². The normalized spacial score (nSPS) is 32.4. The number of nitrogens with one attached hydrogen (secondary N) is 1. The summed E-state index contributed by atoms with van der Waals surface area (Å²) in [6, 6.07) is 0. The molecule has 3 aliphatic heterocycles. The second-order valence-corrected chi connectivity index (χ2v) is 5.26. The molecule has 90 valence electrons. The number of hydrogen-bond donors (Lipinski definition) is 1. The Labute approximate surface area is 97.5 Å². The van der Waals surface area contributed by atoms with Crippen molar-refractivity contribution in [1.82, 2.24) is 0 Å². The first-order valence-electron chi connectivity index (χ1n) is 6.33. The number of quaternary nitrogens is 1. The quantitative estimate of drug-likeness (QED) is 0.554. The number of fused-ring (bicyclic) bond motifs is 3. The third-order valence-corrected chi connectivity index (χ3v) is 4.03. The molecule has 0 spiro atoms. The van der Waals surface area contributed by atoms with E-state index in [0.29, 0.717) is 12.2 Å². The van der Waals surface area contributed by atoms with Gasteiger partial charge in [-0.25, -0.2) is 4.79 Å². The molecule has 3 saturated heterocycles. The SMILES string of the molecule is C=C(C)C(=O)OCCC1C[NH+]2CCC1CC2. The minimum atomic E-state index is -0.242. The van der Waals surface area contributed by atoms with Crippen LogP contribution in [0.2, 0.25) is 0 Å². The molecule has 0 amide bonds. The number of hydrogen-bond acceptors (Lipinski definition) is 2. The van der Waals surface area contributed by atoms with Crippen LogP contribution in [0.15, 0.2) is 12.2 Å². The number of carbonyl (C=O) groups excluding carboxylic acids is 1. The van der Waals surface area contributed by atoms with Gasteiger partial charge in [0.05, 0.1) is 26.2 Å². The molecule has 0 aliphatic carbocycles. The monoisotopic (exact) mass is 224 g/mol. The number of esters is 1. The standard InChI is InChI=1S/C13H21NO2/c1-10(2)13(15)16-8-5-12-9-14-6-3-11(12)4-7-14/h11-12H,1,3-9H2,2H3/p+1. The minimum absolute atomic E-state index is 0.242. The Bertz CT molecular complexity index is 280. The van der Waals surface area contributed by atoms with Crippen LogP contribution in [0.25, 0.3) is 0 Å². The van der Waals surface area contributed by atoms with Crippen molar-refractivity contribution in [3.8, 4) is 0 Å². The average molecular weight is 224 g/mol. The molecule has 0 aromatic rings. The molecule has 0 radical (unpaired) electrons. The van der Waals surface area contributed by atoms with Crippen LogP contribution in [0.4, 0.5) is 0 Å². The summed E-state index contributed by atoms with van der Waals surface area (Å²) in [6.45, 7) is 9.84. The van der Waals surface area contributed by atoms with Gasteiger partial charge in [0, 0.05) is 24.3 Å². The predicted molar refractivity (Wildman–Crippen MR) is 62.2 cm³/mol. The van der Waals surface area contributed by atoms with Gasteiger partial charge in [-0.1, -0.05) is 6.58 Å². The third kappa shape index (κ3) is 2.64. The van der Waals surface area contributed by atoms with Crippen molar-refractivity contribution < 1.29 is 14.4 Å². The highest BCUT2D eigenvalue weighted by Gasteiger charge is 2.36. The second kappa shape index (κ2) is 5.00. The highest BCUT2D eigenvalue weighted by atomic mass is 16.5. The summed E-state index contributed by atoms with van der Waals surface area (Å²) in [5.74, 6) is 1.42. The molecule has 0 saturated carbocycles. The molecule has 0 aromatic heterocycles. The molecule has 0 aromatic carbocycles. The van der Waals surface area contributed by atoms with Gasteiger partial charge in [-0.05, 0) is 19.3 Å². The van der Waals surface area contributed by atoms with Crippen LogP contribution < -0.4 is 4.90 Å². The van der Waals surface area contributed by atoms with E-state index >= 15 is 0 Å². The number of ether oxygens (including phenoxy) is 1. The predicted octanol–water partition coefficient (Wildman–Crippen LogP) is 0.421. The van der Waals surface area contributed by atoms with E-state index in [1.165, 1.54) is 32.5 Å². The topological polar surface area (TPSA) is 30.7 Å². The molecule has 3 fully saturated rings. The maximum Gasteiger partial charge on any atom is 0.333 e. The molecule has 1 N–H and O–H groups in total. The first kappa shape index (κ1) is 11.6. The van der Waals surface area contributed by atoms with Gasteiger partial charge >= 0.3 is 5.97 Å². The van der Waals surface area contributed by atoms with Gasteiger partial charge in [0.25, 0.3) is 0 Å². The van der Waals surface area contributed by atoms with E-state index in [9.17, 15) is 4.79 Å². The fraction of sp³-hybridized carbons (Fsp3) is 0.769. The highest BCUT2D eigenvalue weighted by molar-refractivity contribution is 5.86. The lowest BCUT2D eigenvalue weighted by Gasteiger charge is -2.41. The summed E-state index contributed by atoms with van der Waals surface area (Å²) in [5, 5.41) is 0. The van der Waals surface area contributed by atoms with Crippen molar-refractivity contribution in [3.05, 3.63) is 12.2 Å². The molecule has 1 unspecified atom stereocenters. The van der Waals surface area contributed by atoms with E-state index in [4.69, 9.17) is 4.74 Å². The zero-order valence-corrected chi connectivity index (χ0v) is 10.1. The van der Waals surface area contributed by atoms with Gasteiger partial charge < -0.3 is 9.64 Å². The molecule has 3 heteroatoms. The smallest absolute Gasteiger partial charge is 0.333 e. The highest BCUT2D eigenvalue weighted by Crippen LogP contribution is 2.26. The third-order valence-electron chi connectivity index (χ3n) is 4.03. The summed E-state index contributed by atoms with van der Waals surface area (Å²) < 4.78 is 5.17. The zero-order chi connectivity index (χ0) is 11.5. The van der Waals surface area contributed by atoms with Crippen LogP contribution in [0.5, 0.6) is 0 Å². The zero-order valence-electron chi connectivity index (χ0n) is 10.1. The van der Waals surface area contributed by atoms with Gasteiger partial charge in [0.1, 0.15) is 0 Å². The number of carbonyl (C=O) groups is 1. The number of piperidine rings is 3. The molecule has 3 nitrogen and oxygen atoms in total.